The average Bonchev–Trinajstić information content (AvgIpc) is 1.48. The molecule has 15 rings (SSSR count). The number of nitrogens with zero attached hydrogens (tertiary/aromatic N) is 10. The lowest BCUT2D eigenvalue weighted by Crippen LogP contribution is -2.46. The number of hydrogen-bond acceptors (Lipinski definition) is 30. The number of halogens is 14. The number of hydrogen-bond donors (Lipinski definition) is 15. The molecule has 10 aromatic rings. The van der Waals surface area contributed by atoms with Gasteiger partial charge in [0, 0.05) is 85.5 Å². The van der Waals surface area contributed by atoms with Crippen LogP contribution in [0.25, 0.3) is 0 Å². The van der Waals surface area contributed by atoms with Gasteiger partial charge in [-0.2, -0.15) is 17.6 Å². The molecule has 20 atom stereocenters. The Kier molecular flexibility index (Phi) is 37.4. The second kappa shape index (κ2) is 47.3. The van der Waals surface area contributed by atoms with Crippen molar-refractivity contribution in [2.45, 2.75) is 193 Å². The van der Waals surface area contributed by atoms with Gasteiger partial charge in [0.15, 0.2) is 31.1 Å². The van der Waals surface area contributed by atoms with Crippen molar-refractivity contribution in [3.63, 3.8) is 0 Å². The van der Waals surface area contributed by atoms with Gasteiger partial charge in [-0.1, -0.05) is 78.9 Å². The lowest BCUT2D eigenvalue weighted by atomic mass is 10.1. The van der Waals surface area contributed by atoms with Crippen molar-refractivity contribution in [1.29, 1.82) is 0 Å². The number of benzene rings is 5. The molecule has 40 nitrogen and oxygen atoms in total. The van der Waals surface area contributed by atoms with E-state index in [1.165, 1.54) is 86.0 Å². The van der Waals surface area contributed by atoms with Crippen molar-refractivity contribution >= 4 is 77.0 Å². The Morgan fingerprint density at radius 3 is 0.829 bits per heavy atom. The third kappa shape index (κ3) is 24.4. The predicted molar refractivity (Wildman–Crippen MR) is 486 cm³/mol. The van der Waals surface area contributed by atoms with Crippen molar-refractivity contribution < 1.29 is 144 Å². The Morgan fingerprint density at radius 2 is 0.557 bits per heavy atom. The van der Waals surface area contributed by atoms with Crippen LogP contribution in [0.15, 0.2) is 203 Å². The molecule has 0 saturated carbocycles. The number of aliphatic hydroxyl groups excluding tert-OH is 15. The molecule has 5 saturated heterocycles. The molecule has 5 unspecified atom stereocenters. The largest absolute Gasteiger partial charge is 0.394 e. The van der Waals surface area contributed by atoms with Gasteiger partial charge in [-0.15, -0.1) is 0 Å². The van der Waals surface area contributed by atoms with Crippen molar-refractivity contribution in [3.8, 4) is 0 Å². The molecular weight excluding hydrogens is 2260 g/mol. The van der Waals surface area contributed by atoms with Crippen LogP contribution in [0.4, 0.5) is 43.9 Å². The summed E-state index contributed by atoms with van der Waals surface area (Å²) in [6.07, 6.45) is -21.9. The molecule has 5 aliphatic heterocycles. The molecule has 15 N–H and O–H groups in total. The molecule has 0 aliphatic carbocycles. The third-order valence-electron chi connectivity index (χ3n) is 22.9. The third-order valence-corrected chi connectivity index (χ3v) is 25.5. The SMILES string of the molecule is Cc1cn([C@@H]2O[C@H](CO)C(O)[C@@H]2O)c(=O)n(CCc2ccc(F)cc2F)c1=O.O=c1c(Br)cn([C@@H]2O[C@H](CO)C(O)[C@@H]2O)c(=O)n1CC(F)(F)c1ccccc1.O=c1c(Br)cn([C@@H]2O[C@H](CO)C(O)[C@@H]2O)c(=O)n1CCc1ccc(F)cc1F.O=c1c(I)cn([C@@H]2O[C@H](CO)C(O)[C@@H]2O)c(=O)n1CC(F)(F)c1ccccc1.O=c1c(I)cn([C@@H]2O[C@H](CO)C(O)[C@@H]2O)c(=O)n1CCc1ccc(F)cc1F. The Bertz CT molecular complexity index is 6210. The van der Waals surface area contributed by atoms with Gasteiger partial charge in [0.2, 0.25) is 0 Å². The van der Waals surface area contributed by atoms with Crippen LogP contribution in [-0.4, -0.2) is 247 Å². The van der Waals surface area contributed by atoms with E-state index in [1.54, 1.807) is 57.3 Å². The van der Waals surface area contributed by atoms with Gasteiger partial charge in [0.25, 0.3) is 39.6 Å². The molecule has 5 aliphatic rings. The second-order valence-electron chi connectivity index (χ2n) is 32.1. The fraction of sp³-hybridized carbons (Fsp3) is 0.419. The first-order valence-electron chi connectivity index (χ1n) is 41.8. The minimum Gasteiger partial charge on any atom is -0.394 e. The summed E-state index contributed by atoms with van der Waals surface area (Å²) < 4.78 is 173. The number of ether oxygens (including phenoxy) is 5. The number of alkyl halides is 4. The van der Waals surface area contributed by atoms with E-state index in [2.05, 4.69) is 31.9 Å². The summed E-state index contributed by atoms with van der Waals surface area (Å²) >= 11 is 9.24. The number of aromatic nitrogens is 10. The van der Waals surface area contributed by atoms with Crippen LogP contribution in [-0.2, 0) is 87.5 Å². The van der Waals surface area contributed by atoms with Gasteiger partial charge in [0.05, 0.1) is 62.2 Å². The normalized spacial score (nSPS) is 24.9. The summed E-state index contributed by atoms with van der Waals surface area (Å²) in [6, 6.07) is 22.5. The summed E-state index contributed by atoms with van der Waals surface area (Å²) in [5.74, 6) is -11.6. The highest BCUT2D eigenvalue weighted by Gasteiger charge is 2.50. The van der Waals surface area contributed by atoms with E-state index in [0.29, 0.717) is 27.3 Å². The zero-order chi connectivity index (χ0) is 103. The predicted octanol–water partition coefficient (Wildman–Crippen LogP) is -0.703. The Hall–Kier alpha value is -9.58. The molecule has 5 aromatic carbocycles. The van der Waals surface area contributed by atoms with Gasteiger partial charge in [-0.05, 0) is 138 Å². The summed E-state index contributed by atoms with van der Waals surface area (Å²) in [5.41, 5.74) is -8.78. The van der Waals surface area contributed by atoms with Crippen LogP contribution in [0.3, 0.4) is 0 Å². The average molecular weight is 2350 g/mol. The zero-order valence-electron chi connectivity index (χ0n) is 72.2. The number of rotatable bonds is 25. The Balaban J connectivity index is 0.000000167. The van der Waals surface area contributed by atoms with Crippen molar-refractivity contribution in [2.75, 3.05) is 33.0 Å². The number of aliphatic hydroxyl groups is 15. The highest BCUT2D eigenvalue weighted by molar-refractivity contribution is 14.1. The van der Waals surface area contributed by atoms with E-state index >= 15 is 0 Å². The van der Waals surface area contributed by atoms with Gasteiger partial charge >= 0.3 is 28.4 Å². The first-order chi connectivity index (χ1) is 66.1. The smallest absolute Gasteiger partial charge is 0.333 e. The fourth-order valence-corrected chi connectivity index (χ4v) is 17.3. The van der Waals surface area contributed by atoms with Crippen molar-refractivity contribution in [2.24, 2.45) is 0 Å². The molecule has 760 valence electrons. The van der Waals surface area contributed by atoms with Crippen molar-refractivity contribution in [3.05, 3.63) is 335 Å². The van der Waals surface area contributed by atoms with E-state index in [4.69, 9.17) is 23.7 Å². The number of aryl methyl sites for hydroxylation is 4. The van der Waals surface area contributed by atoms with Gasteiger partial charge in [0.1, 0.15) is 126 Å². The first kappa shape index (κ1) is 111. The molecule has 0 radical (unpaired) electrons. The maximum Gasteiger partial charge on any atom is 0.333 e. The molecule has 54 heteroatoms. The molecule has 5 fully saturated rings. The minimum atomic E-state index is -3.52. The monoisotopic (exact) mass is 2340 g/mol. The Labute approximate surface area is 822 Å². The van der Waals surface area contributed by atoms with Gasteiger partial charge in [-0.3, -0.25) is 69.6 Å². The van der Waals surface area contributed by atoms with Crippen LogP contribution < -0.4 is 56.2 Å². The van der Waals surface area contributed by atoms with Crippen LogP contribution in [0.5, 0.6) is 0 Å². The van der Waals surface area contributed by atoms with Crippen LogP contribution >= 0.6 is 77.0 Å². The Morgan fingerprint density at radius 1 is 0.321 bits per heavy atom. The first-order valence-corrected chi connectivity index (χ1v) is 45.5. The van der Waals surface area contributed by atoms with E-state index in [0.717, 1.165) is 73.3 Å². The summed E-state index contributed by atoms with van der Waals surface area (Å²) in [4.78, 5) is 126. The van der Waals surface area contributed by atoms with Crippen LogP contribution in [0, 0.1) is 49.0 Å². The molecule has 0 spiro atoms. The van der Waals surface area contributed by atoms with Crippen LogP contribution in [0.2, 0.25) is 0 Å². The minimum absolute atomic E-state index is 0.0237. The highest BCUT2D eigenvalue weighted by Crippen LogP contribution is 2.36. The van der Waals surface area contributed by atoms with E-state index in [9.17, 15) is 168 Å². The topological polar surface area (TPSA) is 570 Å². The van der Waals surface area contributed by atoms with E-state index in [1.807, 2.05) is 0 Å². The quantitative estimate of drug-likeness (QED) is 0.0248. The lowest BCUT2D eigenvalue weighted by molar-refractivity contribution is -0.0579. The maximum absolute atomic E-state index is 14.6. The van der Waals surface area contributed by atoms with E-state index in [-0.39, 0.29) is 88.4 Å². The maximum atomic E-state index is 14.6. The molecular formula is C86H88Br2F10I2N10O30. The van der Waals surface area contributed by atoms with Crippen LogP contribution in [0.1, 0.15) is 64.5 Å². The molecule has 140 heavy (non-hydrogen) atoms. The van der Waals surface area contributed by atoms with E-state index < -0.39 is 272 Å². The lowest BCUT2D eigenvalue weighted by Gasteiger charge is -2.22. The molecule has 0 amide bonds. The highest BCUT2D eigenvalue weighted by atomic mass is 127. The van der Waals surface area contributed by atoms with Gasteiger partial charge < -0.3 is 100 Å². The summed E-state index contributed by atoms with van der Waals surface area (Å²) in [6.45, 7) is -4.53. The zero-order valence-corrected chi connectivity index (χ0v) is 79.7. The molecule has 10 heterocycles. The fourth-order valence-electron chi connectivity index (χ4n) is 15.3. The molecule has 5 aromatic heterocycles. The molecule has 0 bridgehead atoms. The second-order valence-corrected chi connectivity index (χ2v) is 36.1. The standard InChI is InChI=1S/C18H20F2N2O6.2C17H17BrF2N2O6.2C17H17F2IN2O6/c1-9-7-22(17-15(25)14(24)13(8-23)28-17)18(27)21(16(9)26)5-4-10-2-3-11(19)6-12(10)20;18-10-6-22(16-14(25)13(24)12(7-23)28-16)17(27)21(15(10)26)4-3-8-1-2-9(19)5-11(8)20;18-10-6-21(15-13(25)12(24)11(7-23)28-15)16(27)22(14(10)26)8-17(19,20)9-4-2-1-3-5-9;18-9-2-1-8(10(19)5-9)3-4-21-15(26)11(20)6-22(17(21)27)16-14(25)13(24)12(7-23)28-16;18-17(19,9-4-2-1-3-5-9)8-22-14(26)10(20)6-21(16(22)27)15-13(25)12(24)11(7-23)28-15/h2-3,6-7,13-15,17,23-25H,4-5,8H2,1H3;1-2,5-6,12-14,16,23-25H,3-4,7H2;1-6,11-13,15,23-25H,7-8H2;1-2,5-6,12-14,16,23-25H,3-4,7H2;1-6,11-13,15,23-25H,7-8H2/t13-,14?,15+,17-;12-,13?,14+,16-;11-,12?,13+,15-;12-,13?,14+,16-;11-,12?,13+,15-/m11111/s1. The van der Waals surface area contributed by atoms with Crippen molar-refractivity contribution in [1.82, 2.24) is 45.7 Å². The summed E-state index contributed by atoms with van der Waals surface area (Å²) in [7, 11) is 0. The summed E-state index contributed by atoms with van der Waals surface area (Å²) in [5, 5.41) is 146. The van der Waals surface area contributed by atoms with Gasteiger partial charge in [-0.25, -0.2) is 50.3 Å².